The van der Waals surface area contributed by atoms with Crippen LogP contribution in [0.3, 0.4) is 0 Å². The number of rotatable bonds is 3. The fraction of sp³-hybridized carbons (Fsp3) is 0.364. The Morgan fingerprint density at radius 1 is 1.38 bits per heavy atom. The maximum absolute atomic E-state index is 11.7. The maximum Gasteiger partial charge on any atom is 0.179 e. The van der Waals surface area contributed by atoms with Gasteiger partial charge >= 0.3 is 0 Å². The van der Waals surface area contributed by atoms with E-state index in [9.17, 15) is 4.79 Å². The van der Waals surface area contributed by atoms with Gasteiger partial charge in [-0.15, -0.1) is 0 Å². The summed E-state index contributed by atoms with van der Waals surface area (Å²) >= 11 is 0. The van der Waals surface area contributed by atoms with Crippen LogP contribution in [0.15, 0.2) is 24.3 Å². The molecule has 0 heterocycles. The molecule has 1 N–H and O–H groups in total. The van der Waals surface area contributed by atoms with Crippen LogP contribution < -0.4 is 5.32 Å². The van der Waals surface area contributed by atoms with Crippen molar-refractivity contribution in [2.75, 3.05) is 7.05 Å². The lowest BCUT2D eigenvalue weighted by Gasteiger charge is -2.10. The predicted octanol–water partition coefficient (Wildman–Crippen LogP) is 1.79. The molecular formula is C11H15NO. The van der Waals surface area contributed by atoms with Crippen molar-refractivity contribution in [1.29, 1.82) is 0 Å². The van der Waals surface area contributed by atoms with Crippen molar-refractivity contribution in [2.45, 2.75) is 19.9 Å². The van der Waals surface area contributed by atoms with Gasteiger partial charge in [0.2, 0.25) is 0 Å². The van der Waals surface area contributed by atoms with Gasteiger partial charge in [0.05, 0.1) is 6.04 Å². The van der Waals surface area contributed by atoms with E-state index in [0.29, 0.717) is 0 Å². The quantitative estimate of drug-likeness (QED) is 0.713. The minimum Gasteiger partial charge on any atom is -0.310 e. The second-order valence-electron chi connectivity index (χ2n) is 3.19. The Labute approximate surface area is 79.0 Å². The Morgan fingerprint density at radius 2 is 2.00 bits per heavy atom. The van der Waals surface area contributed by atoms with Gasteiger partial charge in [-0.3, -0.25) is 4.79 Å². The number of benzene rings is 1. The molecule has 13 heavy (non-hydrogen) atoms. The smallest absolute Gasteiger partial charge is 0.179 e. The molecule has 0 aromatic heterocycles. The molecule has 0 bridgehead atoms. The van der Waals surface area contributed by atoms with Crippen molar-refractivity contribution in [3.05, 3.63) is 35.4 Å². The molecule has 1 aromatic carbocycles. The zero-order chi connectivity index (χ0) is 9.84. The summed E-state index contributed by atoms with van der Waals surface area (Å²) < 4.78 is 0. The third kappa shape index (κ3) is 2.16. The van der Waals surface area contributed by atoms with Gasteiger partial charge in [0.15, 0.2) is 5.78 Å². The van der Waals surface area contributed by atoms with Crippen molar-refractivity contribution in [3.8, 4) is 0 Å². The predicted molar refractivity (Wildman–Crippen MR) is 54.0 cm³/mol. The van der Waals surface area contributed by atoms with E-state index in [1.165, 1.54) is 0 Å². The third-order valence-corrected chi connectivity index (χ3v) is 2.24. The first-order chi connectivity index (χ1) is 6.16. The molecule has 1 rings (SSSR count). The molecule has 0 fully saturated rings. The highest BCUT2D eigenvalue weighted by Gasteiger charge is 2.13. The lowest BCUT2D eigenvalue weighted by atomic mass is 10.0. The summed E-state index contributed by atoms with van der Waals surface area (Å²) in [6, 6.07) is 7.54. The van der Waals surface area contributed by atoms with Gasteiger partial charge in [0.1, 0.15) is 0 Å². The lowest BCUT2D eigenvalue weighted by molar-refractivity contribution is 0.0954. The van der Waals surface area contributed by atoms with Crippen molar-refractivity contribution in [3.63, 3.8) is 0 Å². The van der Waals surface area contributed by atoms with Crippen LogP contribution in [0.25, 0.3) is 0 Å². The Kier molecular flexibility index (Phi) is 3.20. The molecule has 0 aliphatic carbocycles. The summed E-state index contributed by atoms with van der Waals surface area (Å²) in [5.74, 6) is 0.153. The molecule has 0 unspecified atom stereocenters. The minimum absolute atomic E-state index is 0.110. The molecule has 0 saturated heterocycles. The van der Waals surface area contributed by atoms with Crippen LogP contribution in [-0.2, 0) is 0 Å². The zero-order valence-electron chi connectivity index (χ0n) is 8.29. The molecule has 2 nitrogen and oxygen atoms in total. The summed E-state index contributed by atoms with van der Waals surface area (Å²) in [6.45, 7) is 3.82. The number of likely N-dealkylation sites (N-methyl/N-ethyl adjacent to an activating group) is 1. The van der Waals surface area contributed by atoms with Gasteiger partial charge in [-0.05, 0) is 26.5 Å². The summed E-state index contributed by atoms with van der Waals surface area (Å²) in [5, 5.41) is 2.94. The third-order valence-electron chi connectivity index (χ3n) is 2.24. The van der Waals surface area contributed by atoms with Crippen LogP contribution >= 0.6 is 0 Å². The van der Waals surface area contributed by atoms with E-state index in [4.69, 9.17) is 0 Å². The van der Waals surface area contributed by atoms with E-state index in [0.717, 1.165) is 11.1 Å². The molecule has 0 aliphatic heterocycles. The first-order valence-corrected chi connectivity index (χ1v) is 4.44. The Morgan fingerprint density at radius 3 is 2.54 bits per heavy atom. The fourth-order valence-corrected chi connectivity index (χ4v) is 1.21. The summed E-state index contributed by atoms with van der Waals surface area (Å²) in [7, 11) is 1.79. The molecule has 0 saturated carbocycles. The van der Waals surface area contributed by atoms with Gasteiger partial charge < -0.3 is 5.32 Å². The monoisotopic (exact) mass is 177 g/mol. The molecule has 0 spiro atoms. The number of carbonyl (C=O) groups is 1. The molecular weight excluding hydrogens is 162 g/mol. The van der Waals surface area contributed by atoms with Crippen molar-refractivity contribution in [2.24, 2.45) is 0 Å². The second kappa shape index (κ2) is 4.19. The van der Waals surface area contributed by atoms with E-state index in [1.54, 1.807) is 7.05 Å². The highest BCUT2D eigenvalue weighted by Crippen LogP contribution is 2.09. The molecule has 0 aliphatic rings. The normalized spacial score (nSPS) is 12.5. The van der Waals surface area contributed by atoms with Gasteiger partial charge in [-0.1, -0.05) is 24.3 Å². The largest absolute Gasteiger partial charge is 0.310 e. The van der Waals surface area contributed by atoms with Crippen molar-refractivity contribution in [1.82, 2.24) is 5.32 Å². The molecule has 70 valence electrons. The Hall–Kier alpha value is -1.15. The van der Waals surface area contributed by atoms with E-state index >= 15 is 0 Å². The molecule has 1 aromatic rings. The number of carbonyl (C=O) groups excluding carboxylic acids is 1. The number of ketones is 1. The fourth-order valence-electron chi connectivity index (χ4n) is 1.21. The van der Waals surface area contributed by atoms with Crippen molar-refractivity contribution < 1.29 is 4.79 Å². The van der Waals surface area contributed by atoms with E-state index in [-0.39, 0.29) is 11.8 Å². The standard InChI is InChI=1S/C11H15NO/c1-8-6-4-5-7-10(8)11(13)9(2)12-3/h4-7,9,12H,1-3H3/t9-/m1/s1. The molecule has 0 radical (unpaired) electrons. The Balaban J connectivity index is 2.95. The molecule has 1 atom stereocenters. The average molecular weight is 177 g/mol. The van der Waals surface area contributed by atoms with Crippen LogP contribution in [0.5, 0.6) is 0 Å². The average Bonchev–Trinajstić information content (AvgIpc) is 2.16. The molecule has 0 amide bonds. The Bertz CT molecular complexity index is 307. The van der Waals surface area contributed by atoms with E-state index in [1.807, 2.05) is 38.1 Å². The minimum atomic E-state index is -0.110. The topological polar surface area (TPSA) is 29.1 Å². The summed E-state index contributed by atoms with van der Waals surface area (Å²) in [5.41, 5.74) is 1.85. The number of hydrogen-bond acceptors (Lipinski definition) is 2. The van der Waals surface area contributed by atoms with Crippen molar-refractivity contribution >= 4 is 5.78 Å². The molecule has 2 heteroatoms. The highest BCUT2D eigenvalue weighted by atomic mass is 16.1. The summed E-state index contributed by atoms with van der Waals surface area (Å²) in [4.78, 5) is 11.7. The number of nitrogens with one attached hydrogen (secondary N) is 1. The maximum atomic E-state index is 11.7. The van der Waals surface area contributed by atoms with Crippen LogP contribution in [0, 0.1) is 6.92 Å². The lowest BCUT2D eigenvalue weighted by Crippen LogP contribution is -2.31. The van der Waals surface area contributed by atoms with Crippen LogP contribution in [0.2, 0.25) is 0 Å². The van der Waals surface area contributed by atoms with Crippen LogP contribution in [-0.4, -0.2) is 18.9 Å². The van der Waals surface area contributed by atoms with Gasteiger partial charge in [-0.2, -0.15) is 0 Å². The van der Waals surface area contributed by atoms with Gasteiger partial charge in [0, 0.05) is 5.56 Å². The number of hydrogen-bond donors (Lipinski definition) is 1. The van der Waals surface area contributed by atoms with Gasteiger partial charge in [-0.25, -0.2) is 0 Å². The van der Waals surface area contributed by atoms with Gasteiger partial charge in [0.25, 0.3) is 0 Å². The second-order valence-corrected chi connectivity index (χ2v) is 3.19. The first-order valence-electron chi connectivity index (χ1n) is 4.44. The van der Waals surface area contributed by atoms with Crippen LogP contribution in [0.1, 0.15) is 22.8 Å². The first kappa shape index (κ1) is 9.93. The number of Topliss-reactive ketones (excluding diaryl/α,β-unsaturated/α-hetero) is 1. The van der Waals surface area contributed by atoms with E-state index < -0.39 is 0 Å². The SMILES string of the molecule is CN[C@H](C)C(=O)c1ccccc1C. The highest BCUT2D eigenvalue weighted by molar-refractivity contribution is 6.00. The summed E-state index contributed by atoms with van der Waals surface area (Å²) in [6.07, 6.45) is 0. The van der Waals surface area contributed by atoms with E-state index in [2.05, 4.69) is 5.32 Å². The zero-order valence-corrected chi connectivity index (χ0v) is 8.29. The van der Waals surface area contributed by atoms with Crippen LogP contribution in [0.4, 0.5) is 0 Å². The number of aryl methyl sites for hydroxylation is 1.